The molecule has 0 saturated carbocycles. The molecule has 4 rings (SSSR count). The highest BCUT2D eigenvalue weighted by molar-refractivity contribution is 7.90. The third-order valence-electron chi connectivity index (χ3n) is 5.80. The lowest BCUT2D eigenvalue weighted by Gasteiger charge is -2.19. The Morgan fingerprint density at radius 1 is 1.06 bits per heavy atom. The molecule has 0 amide bonds. The number of halogens is 2. The van der Waals surface area contributed by atoms with Crippen molar-refractivity contribution in [1.29, 1.82) is 0 Å². The number of nitrogens with zero attached hydrogens (tertiary/aromatic N) is 3. The number of imidazole rings is 1. The molecule has 36 heavy (non-hydrogen) atoms. The predicted molar refractivity (Wildman–Crippen MR) is 132 cm³/mol. The SMILES string of the molecule is CCOc1nc([C@@H](CS(C)(=O)=O)n2c(=O)n(C)c3cc(-c4c(F)cccc4F)ccc32)ccc1OC. The molecule has 0 unspecified atom stereocenters. The Kier molecular flexibility index (Phi) is 6.85. The zero-order valence-corrected chi connectivity index (χ0v) is 21.0. The number of ether oxygens (including phenoxy) is 2. The van der Waals surface area contributed by atoms with Crippen LogP contribution in [-0.2, 0) is 16.9 Å². The molecule has 11 heteroatoms. The van der Waals surface area contributed by atoms with Gasteiger partial charge in [0.15, 0.2) is 5.75 Å². The summed E-state index contributed by atoms with van der Waals surface area (Å²) in [6, 6.07) is 10.3. The average molecular weight is 518 g/mol. The first-order valence-electron chi connectivity index (χ1n) is 11.1. The van der Waals surface area contributed by atoms with Gasteiger partial charge in [0, 0.05) is 13.3 Å². The fraction of sp³-hybridized carbons (Fsp3) is 0.280. The number of hydrogen-bond acceptors (Lipinski definition) is 6. The van der Waals surface area contributed by atoms with Crippen LogP contribution in [0.3, 0.4) is 0 Å². The van der Waals surface area contributed by atoms with Crippen molar-refractivity contribution in [2.24, 2.45) is 7.05 Å². The van der Waals surface area contributed by atoms with E-state index < -0.39 is 39.0 Å². The average Bonchev–Trinajstić information content (AvgIpc) is 3.07. The van der Waals surface area contributed by atoms with Crippen LogP contribution in [0.25, 0.3) is 22.2 Å². The van der Waals surface area contributed by atoms with E-state index >= 15 is 0 Å². The quantitative estimate of drug-likeness (QED) is 0.354. The largest absolute Gasteiger partial charge is 0.491 e. The second-order valence-corrected chi connectivity index (χ2v) is 10.5. The van der Waals surface area contributed by atoms with Gasteiger partial charge in [0.1, 0.15) is 21.5 Å². The lowest BCUT2D eigenvalue weighted by Crippen LogP contribution is -2.31. The molecule has 8 nitrogen and oxygen atoms in total. The number of pyridine rings is 1. The van der Waals surface area contributed by atoms with Crippen LogP contribution >= 0.6 is 0 Å². The summed E-state index contributed by atoms with van der Waals surface area (Å²) in [7, 11) is -0.615. The molecular weight excluding hydrogens is 492 g/mol. The summed E-state index contributed by atoms with van der Waals surface area (Å²) in [6.07, 6.45) is 1.07. The van der Waals surface area contributed by atoms with Gasteiger partial charge in [-0.15, -0.1) is 0 Å². The number of methoxy groups -OCH3 is 1. The van der Waals surface area contributed by atoms with Crippen molar-refractivity contribution < 1.29 is 26.7 Å². The molecule has 4 aromatic rings. The molecule has 0 aliphatic carbocycles. The molecule has 2 aromatic heterocycles. The maximum Gasteiger partial charge on any atom is 0.329 e. The Morgan fingerprint density at radius 2 is 1.75 bits per heavy atom. The molecule has 0 spiro atoms. The van der Waals surface area contributed by atoms with Crippen LogP contribution in [0.15, 0.2) is 53.3 Å². The third-order valence-corrected chi connectivity index (χ3v) is 6.72. The van der Waals surface area contributed by atoms with Crippen molar-refractivity contribution in [2.75, 3.05) is 25.7 Å². The highest BCUT2D eigenvalue weighted by Gasteiger charge is 2.27. The van der Waals surface area contributed by atoms with Gasteiger partial charge in [0.2, 0.25) is 0 Å². The van der Waals surface area contributed by atoms with Gasteiger partial charge in [-0.25, -0.2) is 27.0 Å². The summed E-state index contributed by atoms with van der Waals surface area (Å²) in [4.78, 5) is 17.9. The number of aryl methyl sites for hydroxylation is 1. The molecule has 0 N–H and O–H groups in total. The number of sulfone groups is 1. The van der Waals surface area contributed by atoms with Crippen molar-refractivity contribution in [3.8, 4) is 22.8 Å². The van der Waals surface area contributed by atoms with Gasteiger partial charge in [0.25, 0.3) is 5.88 Å². The van der Waals surface area contributed by atoms with Gasteiger partial charge in [-0.3, -0.25) is 9.13 Å². The zero-order chi connectivity index (χ0) is 26.2. The number of aromatic nitrogens is 3. The van der Waals surface area contributed by atoms with Gasteiger partial charge in [-0.2, -0.15) is 0 Å². The Bertz CT molecular complexity index is 1590. The first kappa shape index (κ1) is 25.4. The van der Waals surface area contributed by atoms with Crippen LogP contribution in [0.5, 0.6) is 11.6 Å². The molecule has 0 saturated heterocycles. The van der Waals surface area contributed by atoms with Crippen molar-refractivity contribution >= 4 is 20.9 Å². The molecular formula is C25H25F2N3O5S. The van der Waals surface area contributed by atoms with Gasteiger partial charge >= 0.3 is 5.69 Å². The first-order chi connectivity index (χ1) is 17.1. The Hall–Kier alpha value is -3.73. The van der Waals surface area contributed by atoms with Gasteiger partial charge < -0.3 is 9.47 Å². The summed E-state index contributed by atoms with van der Waals surface area (Å²) in [5.41, 5.74) is 0.547. The highest BCUT2D eigenvalue weighted by atomic mass is 32.2. The summed E-state index contributed by atoms with van der Waals surface area (Å²) in [5, 5.41) is 0. The van der Waals surface area contributed by atoms with Crippen LogP contribution in [-0.4, -0.2) is 48.3 Å². The molecule has 2 aromatic carbocycles. The number of hydrogen-bond donors (Lipinski definition) is 0. The molecule has 0 bridgehead atoms. The Labute approximate surface area is 206 Å². The van der Waals surface area contributed by atoms with Crippen LogP contribution in [0.2, 0.25) is 0 Å². The van der Waals surface area contributed by atoms with E-state index in [1.54, 1.807) is 25.1 Å². The number of rotatable bonds is 8. The molecule has 0 aliphatic rings. The van der Waals surface area contributed by atoms with Gasteiger partial charge in [-0.1, -0.05) is 12.1 Å². The van der Waals surface area contributed by atoms with E-state index in [1.165, 1.54) is 41.5 Å². The minimum atomic E-state index is -3.58. The van der Waals surface area contributed by atoms with Crippen molar-refractivity contribution in [3.05, 3.63) is 76.3 Å². The minimum absolute atomic E-state index is 0.168. The lowest BCUT2D eigenvalue weighted by atomic mass is 10.0. The van der Waals surface area contributed by atoms with Crippen molar-refractivity contribution in [2.45, 2.75) is 13.0 Å². The molecule has 0 fully saturated rings. The molecule has 2 heterocycles. The molecule has 0 radical (unpaired) electrons. The maximum atomic E-state index is 14.4. The van der Waals surface area contributed by atoms with E-state index in [4.69, 9.17) is 9.47 Å². The lowest BCUT2D eigenvalue weighted by molar-refractivity contribution is 0.296. The monoisotopic (exact) mass is 517 g/mol. The molecule has 0 aliphatic heterocycles. The normalized spacial score (nSPS) is 12.6. The van der Waals surface area contributed by atoms with Crippen LogP contribution in [0.4, 0.5) is 8.78 Å². The zero-order valence-electron chi connectivity index (χ0n) is 20.2. The van der Waals surface area contributed by atoms with Crippen LogP contribution in [0, 0.1) is 11.6 Å². The van der Waals surface area contributed by atoms with E-state index in [1.807, 2.05) is 0 Å². The van der Waals surface area contributed by atoms with E-state index in [-0.39, 0.29) is 22.7 Å². The minimum Gasteiger partial charge on any atom is -0.491 e. The fourth-order valence-corrected chi connectivity index (χ4v) is 5.09. The highest BCUT2D eigenvalue weighted by Crippen LogP contribution is 2.32. The third kappa shape index (κ3) is 4.70. The first-order valence-corrected chi connectivity index (χ1v) is 13.1. The summed E-state index contributed by atoms with van der Waals surface area (Å²) in [6.45, 7) is 2.07. The van der Waals surface area contributed by atoms with E-state index in [0.29, 0.717) is 23.4 Å². The fourth-order valence-electron chi connectivity index (χ4n) is 4.20. The Balaban J connectivity index is 1.95. The van der Waals surface area contributed by atoms with E-state index in [0.717, 1.165) is 18.4 Å². The van der Waals surface area contributed by atoms with Gasteiger partial charge in [-0.05, 0) is 48.9 Å². The topological polar surface area (TPSA) is 92.4 Å². The number of benzene rings is 2. The predicted octanol–water partition coefficient (Wildman–Crippen LogP) is 3.72. The summed E-state index contributed by atoms with van der Waals surface area (Å²) < 4.78 is 67.1. The summed E-state index contributed by atoms with van der Waals surface area (Å²) in [5.74, 6) is -1.36. The second-order valence-electron chi connectivity index (χ2n) is 8.30. The van der Waals surface area contributed by atoms with Crippen molar-refractivity contribution in [1.82, 2.24) is 14.1 Å². The molecule has 190 valence electrons. The smallest absolute Gasteiger partial charge is 0.329 e. The van der Waals surface area contributed by atoms with Crippen molar-refractivity contribution in [3.63, 3.8) is 0 Å². The van der Waals surface area contributed by atoms with Crippen LogP contribution < -0.4 is 15.2 Å². The second kappa shape index (κ2) is 9.73. The van der Waals surface area contributed by atoms with E-state index in [9.17, 15) is 22.0 Å². The van der Waals surface area contributed by atoms with E-state index in [2.05, 4.69) is 4.98 Å². The Morgan fingerprint density at radius 3 is 2.36 bits per heavy atom. The van der Waals surface area contributed by atoms with Crippen LogP contribution in [0.1, 0.15) is 18.7 Å². The molecule has 1 atom stereocenters. The van der Waals surface area contributed by atoms with Gasteiger partial charge in [0.05, 0.1) is 47.8 Å². The number of fused-ring (bicyclic) bond motifs is 1. The standard InChI is InChI=1S/C25H25F2N3O5S/c1-5-35-24-22(34-3)12-10-18(28-24)21(14-36(4,32)33)30-19-11-9-15(13-20(19)29(2)25(30)31)23-16(26)7-6-8-17(23)27/h6-13,21H,5,14H2,1-4H3/t21-/m1/s1. The summed E-state index contributed by atoms with van der Waals surface area (Å²) >= 11 is 0. The maximum absolute atomic E-state index is 14.4.